The van der Waals surface area contributed by atoms with Crippen LogP contribution in [-0.2, 0) is 17.9 Å². The first kappa shape index (κ1) is 24.0. The van der Waals surface area contributed by atoms with Crippen molar-refractivity contribution in [1.82, 2.24) is 14.5 Å². The molecule has 0 spiro atoms. The van der Waals surface area contributed by atoms with Gasteiger partial charge in [0, 0.05) is 17.5 Å². The molecule has 1 aliphatic heterocycles. The van der Waals surface area contributed by atoms with Crippen LogP contribution in [0.25, 0.3) is 0 Å². The molecular formula is C25H31N5O3S. The highest BCUT2D eigenvalue weighted by atomic mass is 32.1. The number of anilines is 2. The van der Waals surface area contributed by atoms with E-state index in [0.29, 0.717) is 6.54 Å². The van der Waals surface area contributed by atoms with Crippen LogP contribution >= 0.6 is 11.3 Å². The van der Waals surface area contributed by atoms with Gasteiger partial charge in [-0.05, 0) is 42.8 Å². The summed E-state index contributed by atoms with van der Waals surface area (Å²) in [6.07, 6.45) is 3.61. The van der Waals surface area contributed by atoms with Crippen molar-refractivity contribution in [2.45, 2.75) is 51.7 Å². The van der Waals surface area contributed by atoms with Crippen molar-refractivity contribution in [3.8, 4) is 0 Å². The number of hydrogen-bond acceptors (Lipinski definition) is 6. The number of H-pyrrole nitrogens is 1. The number of nitrogens with two attached hydrogens (primary N) is 1. The molecule has 4 rings (SSSR count). The summed E-state index contributed by atoms with van der Waals surface area (Å²) in [5.41, 5.74) is 6.08. The van der Waals surface area contributed by atoms with Crippen molar-refractivity contribution in [3.05, 3.63) is 79.1 Å². The lowest BCUT2D eigenvalue weighted by molar-refractivity contribution is -0.120. The van der Waals surface area contributed by atoms with E-state index < -0.39 is 11.2 Å². The third kappa shape index (κ3) is 5.15. The summed E-state index contributed by atoms with van der Waals surface area (Å²) in [4.78, 5) is 46.3. The van der Waals surface area contributed by atoms with Gasteiger partial charge >= 0.3 is 5.69 Å². The Morgan fingerprint density at radius 2 is 2.00 bits per heavy atom. The number of likely N-dealkylation sites (tertiary alicyclic amines) is 1. The lowest BCUT2D eigenvalue weighted by Crippen LogP contribution is -2.44. The predicted octanol–water partition coefficient (Wildman–Crippen LogP) is 3.35. The van der Waals surface area contributed by atoms with Crippen LogP contribution in [0.5, 0.6) is 0 Å². The summed E-state index contributed by atoms with van der Waals surface area (Å²) < 4.78 is 1.36. The Morgan fingerprint density at radius 1 is 1.21 bits per heavy atom. The predicted molar refractivity (Wildman–Crippen MR) is 136 cm³/mol. The molecule has 1 fully saturated rings. The van der Waals surface area contributed by atoms with Gasteiger partial charge in [-0.15, -0.1) is 11.3 Å². The Morgan fingerprint density at radius 3 is 2.71 bits per heavy atom. The van der Waals surface area contributed by atoms with Crippen molar-refractivity contribution < 1.29 is 4.79 Å². The van der Waals surface area contributed by atoms with E-state index in [4.69, 9.17) is 5.73 Å². The highest BCUT2D eigenvalue weighted by Gasteiger charge is 2.31. The maximum absolute atomic E-state index is 13.7. The second kappa shape index (κ2) is 10.8. The normalized spacial score (nSPS) is 16.1. The van der Waals surface area contributed by atoms with Crippen molar-refractivity contribution >= 4 is 28.7 Å². The molecule has 0 aliphatic carbocycles. The smallest absolute Gasteiger partial charge is 0.330 e. The number of nitrogens with zero attached hydrogens (tertiary/aromatic N) is 3. The van der Waals surface area contributed by atoms with Gasteiger partial charge in [0.05, 0.1) is 13.1 Å². The average Bonchev–Trinajstić information content (AvgIpc) is 3.50. The van der Waals surface area contributed by atoms with E-state index in [1.807, 2.05) is 43.3 Å². The Labute approximate surface area is 202 Å². The van der Waals surface area contributed by atoms with Crippen LogP contribution in [-0.4, -0.2) is 33.4 Å². The average molecular weight is 482 g/mol. The molecule has 180 valence electrons. The van der Waals surface area contributed by atoms with Crippen LogP contribution in [0.3, 0.4) is 0 Å². The molecule has 1 aliphatic rings. The largest absolute Gasteiger partial charge is 0.383 e. The fourth-order valence-corrected chi connectivity index (χ4v) is 5.41. The van der Waals surface area contributed by atoms with Crippen molar-refractivity contribution in [3.63, 3.8) is 0 Å². The number of nitrogen functional groups attached to an aromatic ring is 1. The molecule has 2 aromatic heterocycles. The first-order valence-electron chi connectivity index (χ1n) is 11.7. The standard InChI is InChI=1S/C25H31N5O3S/c1-2-3-14-29-23(26)22(24(32)27-25(29)33)30(16-18-9-5-4-6-10-18)21(31)17-28-13-7-11-19(28)20-12-8-15-34-20/h4-6,8-10,12,15,19H,2-3,7,11,13-14,16-17,26H2,1H3,(H,27,32,33). The number of thiophene rings is 1. The monoisotopic (exact) mass is 481 g/mol. The minimum absolute atomic E-state index is 0.0303. The molecule has 3 N–H and O–H groups in total. The Kier molecular flexibility index (Phi) is 7.64. The molecule has 0 saturated carbocycles. The molecule has 1 aromatic carbocycles. The molecule has 1 atom stereocenters. The first-order valence-corrected chi connectivity index (χ1v) is 12.6. The molecule has 9 heteroatoms. The maximum Gasteiger partial charge on any atom is 0.330 e. The van der Waals surface area contributed by atoms with E-state index in [-0.39, 0.29) is 36.5 Å². The van der Waals surface area contributed by atoms with E-state index >= 15 is 0 Å². The number of hydrogen-bond donors (Lipinski definition) is 2. The van der Waals surface area contributed by atoms with Gasteiger partial charge in [-0.1, -0.05) is 49.7 Å². The topological polar surface area (TPSA) is 104 Å². The Hall–Kier alpha value is -3.17. The van der Waals surface area contributed by atoms with Gasteiger partial charge in [-0.3, -0.25) is 28.9 Å². The molecule has 1 saturated heterocycles. The molecule has 1 amide bonds. The van der Waals surface area contributed by atoms with Crippen LogP contribution in [0.1, 0.15) is 49.1 Å². The fraction of sp³-hybridized carbons (Fsp3) is 0.400. The lowest BCUT2D eigenvalue weighted by Gasteiger charge is -2.29. The lowest BCUT2D eigenvalue weighted by atomic mass is 10.1. The number of aromatic amines is 1. The number of benzene rings is 1. The molecule has 34 heavy (non-hydrogen) atoms. The summed E-state index contributed by atoms with van der Waals surface area (Å²) in [6, 6.07) is 13.8. The van der Waals surface area contributed by atoms with E-state index in [1.54, 1.807) is 11.3 Å². The van der Waals surface area contributed by atoms with Gasteiger partial charge in [-0.25, -0.2) is 4.79 Å². The molecule has 3 aromatic rings. The molecule has 1 unspecified atom stereocenters. The number of carbonyl (C=O) groups is 1. The first-order chi connectivity index (χ1) is 16.5. The zero-order chi connectivity index (χ0) is 24.1. The summed E-state index contributed by atoms with van der Waals surface area (Å²) >= 11 is 1.69. The molecule has 8 nitrogen and oxygen atoms in total. The summed E-state index contributed by atoms with van der Waals surface area (Å²) in [7, 11) is 0. The highest BCUT2D eigenvalue weighted by Crippen LogP contribution is 2.34. The van der Waals surface area contributed by atoms with E-state index in [1.165, 1.54) is 14.3 Å². The van der Waals surface area contributed by atoms with E-state index in [0.717, 1.165) is 37.8 Å². The minimum atomic E-state index is -0.643. The summed E-state index contributed by atoms with van der Waals surface area (Å²) in [5, 5.41) is 2.05. The minimum Gasteiger partial charge on any atom is -0.383 e. The number of rotatable bonds is 9. The SMILES string of the molecule is CCCCn1c(N)c(N(Cc2ccccc2)C(=O)CN2CCCC2c2cccs2)c(=O)[nH]c1=O. The maximum atomic E-state index is 13.7. The van der Waals surface area contributed by atoms with Crippen molar-refractivity contribution in [1.29, 1.82) is 0 Å². The number of carbonyl (C=O) groups excluding carboxylic acids is 1. The Bertz CT molecular complexity index is 1220. The highest BCUT2D eigenvalue weighted by molar-refractivity contribution is 7.10. The van der Waals surface area contributed by atoms with Crippen LogP contribution in [0, 0.1) is 0 Å². The second-order valence-corrected chi connectivity index (χ2v) is 9.59. The van der Waals surface area contributed by atoms with Gasteiger partial charge in [0.25, 0.3) is 5.56 Å². The van der Waals surface area contributed by atoms with Gasteiger partial charge in [-0.2, -0.15) is 0 Å². The van der Waals surface area contributed by atoms with Crippen LogP contribution < -0.4 is 21.9 Å². The van der Waals surface area contributed by atoms with E-state index in [2.05, 4.69) is 21.3 Å². The van der Waals surface area contributed by atoms with Gasteiger partial charge in [0.1, 0.15) is 5.82 Å². The Balaban J connectivity index is 1.69. The van der Waals surface area contributed by atoms with E-state index in [9.17, 15) is 14.4 Å². The molecular weight excluding hydrogens is 450 g/mol. The van der Waals surface area contributed by atoms with Gasteiger partial charge in [0.2, 0.25) is 5.91 Å². The number of aromatic nitrogens is 2. The fourth-order valence-electron chi connectivity index (χ4n) is 4.51. The third-order valence-electron chi connectivity index (χ3n) is 6.28. The summed E-state index contributed by atoms with van der Waals surface area (Å²) in [6.45, 7) is 3.57. The molecule has 3 heterocycles. The van der Waals surface area contributed by atoms with Gasteiger partial charge < -0.3 is 5.73 Å². The summed E-state index contributed by atoms with van der Waals surface area (Å²) in [5.74, 6) is -0.187. The van der Waals surface area contributed by atoms with Crippen molar-refractivity contribution in [2.75, 3.05) is 23.7 Å². The number of nitrogens with one attached hydrogen (secondary N) is 1. The zero-order valence-electron chi connectivity index (χ0n) is 19.4. The molecule has 0 radical (unpaired) electrons. The molecule has 0 bridgehead atoms. The quantitative estimate of drug-likeness (QED) is 0.488. The van der Waals surface area contributed by atoms with Crippen LogP contribution in [0.4, 0.5) is 11.5 Å². The zero-order valence-corrected chi connectivity index (χ0v) is 20.2. The second-order valence-electron chi connectivity index (χ2n) is 8.61. The van der Waals surface area contributed by atoms with Gasteiger partial charge in [0.15, 0.2) is 5.69 Å². The number of amides is 1. The van der Waals surface area contributed by atoms with Crippen LogP contribution in [0.15, 0.2) is 57.4 Å². The van der Waals surface area contributed by atoms with Crippen LogP contribution in [0.2, 0.25) is 0 Å². The van der Waals surface area contributed by atoms with Crippen molar-refractivity contribution in [2.24, 2.45) is 0 Å². The third-order valence-corrected chi connectivity index (χ3v) is 7.25. The number of unbranched alkanes of at least 4 members (excludes halogenated alkanes) is 1.